The Kier molecular flexibility index (Phi) is 64.0. The Hall–Kier alpha value is -1.94. The van der Waals surface area contributed by atoms with Crippen molar-refractivity contribution in [3.05, 3.63) is 0 Å². The predicted molar refractivity (Wildman–Crippen MR) is 368 cm³/mol. The minimum atomic E-state index is -4.95. The zero-order valence-corrected chi connectivity index (χ0v) is 60.8. The third-order valence-corrected chi connectivity index (χ3v) is 18.7. The number of aliphatic hydroxyl groups excluding tert-OH is 1. The van der Waals surface area contributed by atoms with E-state index in [0.29, 0.717) is 25.7 Å². The average Bonchev–Trinajstić information content (AvgIpc) is 3.57. The Morgan fingerprint density at radius 3 is 0.747 bits per heavy atom. The standard InChI is InChI=1S/C72H140O17P2/c1-6-9-12-15-18-21-23-25-27-28-30-32-34-36-42-47-52-57-71(76)88-68(62-83-70(75)56-51-46-41-35-33-31-29-26-24-22-19-16-13-10-7-2)64-87-91(80,81)85-60-66(73)59-84-90(78,79)86-63-67(61-82-69(74)55-50-45-40-20-17-14-11-8-3)89-72(77)58-53-48-43-38-37-39-44-49-54-65(4)5/h65-68,73H,6-64H2,1-5H3,(H,78,79)(H,80,81)/t66-,67+,68+/m0/s1. The molecule has 0 radical (unpaired) electrons. The highest BCUT2D eigenvalue weighted by Crippen LogP contribution is 2.45. The van der Waals surface area contributed by atoms with Crippen LogP contribution in [0.2, 0.25) is 0 Å². The second kappa shape index (κ2) is 65.4. The number of aliphatic hydroxyl groups is 1. The van der Waals surface area contributed by atoms with Gasteiger partial charge in [-0.2, -0.15) is 0 Å². The van der Waals surface area contributed by atoms with Crippen molar-refractivity contribution in [3.8, 4) is 0 Å². The number of ether oxygens (including phenoxy) is 4. The molecule has 0 aliphatic heterocycles. The molecule has 0 saturated carbocycles. The first-order chi connectivity index (χ1) is 44.0. The fourth-order valence-electron chi connectivity index (χ4n) is 11.0. The third kappa shape index (κ3) is 66.5. The molecule has 0 aromatic carbocycles. The van der Waals surface area contributed by atoms with Crippen LogP contribution in [0, 0.1) is 5.92 Å². The van der Waals surface area contributed by atoms with Gasteiger partial charge in [0, 0.05) is 25.7 Å². The summed E-state index contributed by atoms with van der Waals surface area (Å²) in [5, 5.41) is 10.6. The van der Waals surface area contributed by atoms with E-state index < -0.39 is 97.5 Å². The first-order valence-corrected chi connectivity index (χ1v) is 40.6. The topological polar surface area (TPSA) is 237 Å². The SMILES string of the molecule is CCCCCCCCCCCCCCCCCCCC(=O)O[C@H](COC(=O)CCCCCCCCCCCCCCCCC)COP(=O)(O)OC[C@@H](O)COP(=O)(O)OC[C@@H](COC(=O)CCCCCCCCCC)OC(=O)CCCCCCCCCCC(C)C. The van der Waals surface area contributed by atoms with Gasteiger partial charge < -0.3 is 33.8 Å². The highest BCUT2D eigenvalue weighted by Gasteiger charge is 2.30. The summed E-state index contributed by atoms with van der Waals surface area (Å²) < 4.78 is 68.3. The maximum atomic E-state index is 13.0. The van der Waals surface area contributed by atoms with E-state index in [1.165, 1.54) is 193 Å². The van der Waals surface area contributed by atoms with E-state index >= 15 is 0 Å². The number of carbonyl (C=O) groups is 4. The largest absolute Gasteiger partial charge is 0.472 e. The smallest absolute Gasteiger partial charge is 0.462 e. The lowest BCUT2D eigenvalue weighted by molar-refractivity contribution is -0.161. The molecule has 19 heteroatoms. The van der Waals surface area contributed by atoms with Gasteiger partial charge in [-0.15, -0.1) is 0 Å². The summed E-state index contributed by atoms with van der Waals surface area (Å²) in [6.07, 6.45) is 52.8. The predicted octanol–water partition coefficient (Wildman–Crippen LogP) is 20.9. The van der Waals surface area contributed by atoms with Crippen LogP contribution in [0.25, 0.3) is 0 Å². The van der Waals surface area contributed by atoms with Crippen LogP contribution in [0.4, 0.5) is 0 Å². The lowest BCUT2D eigenvalue weighted by Crippen LogP contribution is -2.30. The summed E-state index contributed by atoms with van der Waals surface area (Å²) >= 11 is 0. The second-order valence-corrected chi connectivity index (χ2v) is 29.4. The molecule has 91 heavy (non-hydrogen) atoms. The molecule has 0 fully saturated rings. The fourth-order valence-corrected chi connectivity index (χ4v) is 12.6. The van der Waals surface area contributed by atoms with Gasteiger partial charge in [-0.05, 0) is 31.6 Å². The van der Waals surface area contributed by atoms with E-state index in [2.05, 4.69) is 34.6 Å². The van der Waals surface area contributed by atoms with Crippen LogP contribution < -0.4 is 0 Å². The maximum Gasteiger partial charge on any atom is 0.472 e. The van der Waals surface area contributed by atoms with Gasteiger partial charge in [-0.25, -0.2) is 9.13 Å². The number of rotatable bonds is 72. The van der Waals surface area contributed by atoms with Crippen LogP contribution in [0.3, 0.4) is 0 Å². The van der Waals surface area contributed by atoms with Crippen molar-refractivity contribution in [2.75, 3.05) is 39.6 Å². The van der Waals surface area contributed by atoms with Gasteiger partial charge in [0.1, 0.15) is 19.3 Å². The minimum Gasteiger partial charge on any atom is -0.462 e. The Morgan fingerprint density at radius 2 is 0.505 bits per heavy atom. The van der Waals surface area contributed by atoms with Gasteiger partial charge in [-0.1, -0.05) is 324 Å². The normalized spacial score (nSPS) is 14.0. The Bertz CT molecular complexity index is 1750. The number of carbonyl (C=O) groups excluding carboxylic acids is 4. The molecule has 0 aliphatic rings. The highest BCUT2D eigenvalue weighted by molar-refractivity contribution is 7.47. The zero-order valence-electron chi connectivity index (χ0n) is 59.0. The molecule has 0 aromatic rings. The van der Waals surface area contributed by atoms with Crippen LogP contribution >= 0.6 is 15.6 Å². The molecule has 0 aromatic heterocycles. The van der Waals surface area contributed by atoms with Gasteiger partial charge >= 0.3 is 39.5 Å². The maximum absolute atomic E-state index is 13.0. The van der Waals surface area contributed by atoms with Crippen LogP contribution in [0.5, 0.6) is 0 Å². The summed E-state index contributed by atoms with van der Waals surface area (Å²) in [5.74, 6) is -1.40. The molecular weight excluding hydrogens is 1200 g/mol. The number of hydrogen-bond acceptors (Lipinski definition) is 15. The number of hydrogen-bond donors (Lipinski definition) is 3. The summed E-state index contributed by atoms with van der Waals surface area (Å²) in [7, 11) is -9.90. The monoisotopic (exact) mass is 1340 g/mol. The second-order valence-electron chi connectivity index (χ2n) is 26.5. The number of esters is 4. The minimum absolute atomic E-state index is 0.105. The first-order valence-electron chi connectivity index (χ1n) is 37.6. The van der Waals surface area contributed by atoms with Gasteiger partial charge in [-0.3, -0.25) is 37.3 Å². The molecule has 0 rings (SSSR count). The van der Waals surface area contributed by atoms with Crippen LogP contribution in [-0.4, -0.2) is 96.7 Å². The molecule has 17 nitrogen and oxygen atoms in total. The van der Waals surface area contributed by atoms with E-state index in [-0.39, 0.29) is 25.7 Å². The third-order valence-electron chi connectivity index (χ3n) is 16.8. The quantitative estimate of drug-likeness (QED) is 0.0222. The first kappa shape index (κ1) is 89.1. The molecule has 2 unspecified atom stereocenters. The van der Waals surface area contributed by atoms with E-state index in [9.17, 15) is 43.2 Å². The Labute approximate surface area is 556 Å². The molecule has 3 N–H and O–H groups in total. The summed E-state index contributed by atoms with van der Waals surface area (Å²) in [6.45, 7) is 7.20. The molecule has 0 amide bonds. The summed E-state index contributed by atoms with van der Waals surface area (Å²) in [6, 6.07) is 0. The van der Waals surface area contributed by atoms with Gasteiger partial charge in [0.05, 0.1) is 26.4 Å². The summed E-state index contributed by atoms with van der Waals surface area (Å²) in [5.41, 5.74) is 0. The van der Waals surface area contributed by atoms with E-state index in [1.54, 1.807) is 0 Å². The van der Waals surface area contributed by atoms with Crippen molar-refractivity contribution >= 4 is 39.5 Å². The lowest BCUT2D eigenvalue weighted by atomic mass is 10.0. The van der Waals surface area contributed by atoms with Crippen molar-refractivity contribution < 1.29 is 80.2 Å². The number of phosphoric acid groups is 2. The van der Waals surface area contributed by atoms with Gasteiger partial charge in [0.25, 0.3) is 0 Å². The van der Waals surface area contributed by atoms with Crippen LogP contribution in [0.1, 0.15) is 375 Å². The van der Waals surface area contributed by atoms with E-state index in [1.807, 2.05) is 0 Å². The molecular formula is C72H140O17P2. The Morgan fingerprint density at radius 1 is 0.297 bits per heavy atom. The van der Waals surface area contributed by atoms with Crippen molar-refractivity contribution in [3.63, 3.8) is 0 Å². The molecule has 0 heterocycles. The average molecular weight is 1340 g/mol. The molecule has 540 valence electrons. The van der Waals surface area contributed by atoms with Gasteiger partial charge in [0.15, 0.2) is 12.2 Å². The van der Waals surface area contributed by atoms with Crippen molar-refractivity contribution in [1.82, 2.24) is 0 Å². The van der Waals surface area contributed by atoms with Crippen molar-refractivity contribution in [2.45, 2.75) is 393 Å². The highest BCUT2D eigenvalue weighted by atomic mass is 31.2. The van der Waals surface area contributed by atoms with Crippen LogP contribution in [0.15, 0.2) is 0 Å². The van der Waals surface area contributed by atoms with Crippen LogP contribution in [-0.2, 0) is 65.4 Å². The van der Waals surface area contributed by atoms with Crippen molar-refractivity contribution in [2.24, 2.45) is 5.92 Å². The van der Waals surface area contributed by atoms with E-state index in [0.717, 1.165) is 102 Å². The van der Waals surface area contributed by atoms with Gasteiger partial charge in [0.2, 0.25) is 0 Å². The fraction of sp³-hybridized carbons (Fsp3) is 0.944. The molecule has 0 bridgehead atoms. The number of phosphoric ester groups is 2. The zero-order chi connectivity index (χ0) is 67.0. The lowest BCUT2D eigenvalue weighted by Gasteiger charge is -2.21. The van der Waals surface area contributed by atoms with E-state index in [4.69, 9.17) is 37.0 Å². The molecule has 0 saturated heterocycles. The molecule has 0 aliphatic carbocycles. The van der Waals surface area contributed by atoms with Crippen molar-refractivity contribution in [1.29, 1.82) is 0 Å². The number of unbranched alkanes of at least 4 members (excludes halogenated alkanes) is 44. The molecule has 5 atom stereocenters. The molecule has 0 spiro atoms. The Balaban J connectivity index is 5.21. The summed E-state index contributed by atoms with van der Waals surface area (Å²) in [4.78, 5) is 72.5.